The zero-order valence-corrected chi connectivity index (χ0v) is 8.07. The molecule has 0 N–H and O–H groups in total. The molecule has 0 aromatic carbocycles. The molecule has 0 atom stereocenters. The Hall–Kier alpha value is -1.44. The lowest BCUT2D eigenvalue weighted by Gasteiger charge is -1.94. The number of aryl methyl sites for hydroxylation is 1. The molecule has 2 nitrogen and oxygen atoms in total. The van der Waals surface area contributed by atoms with Gasteiger partial charge in [-0.05, 0) is 25.5 Å². The predicted molar refractivity (Wildman–Crippen MR) is 56.0 cm³/mol. The summed E-state index contributed by atoms with van der Waals surface area (Å²) in [6.45, 7) is 3.98. The van der Waals surface area contributed by atoms with Crippen molar-refractivity contribution in [2.45, 2.75) is 20.3 Å². The van der Waals surface area contributed by atoms with E-state index in [1.54, 1.807) is 6.20 Å². The van der Waals surface area contributed by atoms with Crippen molar-refractivity contribution in [2.24, 2.45) is 4.99 Å². The second-order valence-corrected chi connectivity index (χ2v) is 2.85. The number of aliphatic imine (C=N–C) groups is 1. The summed E-state index contributed by atoms with van der Waals surface area (Å²) in [5.41, 5.74) is 2.24. The first-order valence-corrected chi connectivity index (χ1v) is 4.37. The molecule has 1 aromatic rings. The van der Waals surface area contributed by atoms with Gasteiger partial charge in [-0.25, -0.2) is 0 Å². The maximum Gasteiger partial charge on any atom is 0.0457 e. The van der Waals surface area contributed by atoms with Crippen LogP contribution in [0.2, 0.25) is 0 Å². The van der Waals surface area contributed by atoms with Crippen molar-refractivity contribution in [3.05, 3.63) is 41.9 Å². The minimum absolute atomic E-state index is 0.796. The Bertz CT molecular complexity index is 296. The summed E-state index contributed by atoms with van der Waals surface area (Å²) in [5.74, 6) is 0. The summed E-state index contributed by atoms with van der Waals surface area (Å²) in [6.07, 6.45) is 8.20. The fourth-order valence-electron chi connectivity index (χ4n) is 0.912. The molecule has 0 bridgehead atoms. The van der Waals surface area contributed by atoms with Crippen LogP contribution in [0.1, 0.15) is 18.2 Å². The lowest BCUT2D eigenvalue weighted by Crippen LogP contribution is -1.90. The molecule has 68 valence electrons. The molecule has 0 spiro atoms. The zero-order chi connectivity index (χ0) is 9.52. The molecule has 1 rings (SSSR count). The van der Waals surface area contributed by atoms with E-state index in [4.69, 9.17) is 0 Å². The van der Waals surface area contributed by atoms with Gasteiger partial charge in [-0.3, -0.25) is 9.98 Å². The van der Waals surface area contributed by atoms with Crippen molar-refractivity contribution in [3.63, 3.8) is 0 Å². The van der Waals surface area contributed by atoms with Crippen molar-refractivity contribution in [1.29, 1.82) is 0 Å². The van der Waals surface area contributed by atoms with Gasteiger partial charge < -0.3 is 0 Å². The van der Waals surface area contributed by atoms with E-state index in [-0.39, 0.29) is 0 Å². The number of hydrogen-bond donors (Lipinski definition) is 0. The van der Waals surface area contributed by atoms with Crippen LogP contribution in [0.15, 0.2) is 35.6 Å². The van der Waals surface area contributed by atoms with Crippen LogP contribution in [0, 0.1) is 6.92 Å². The first-order chi connectivity index (χ1) is 6.33. The summed E-state index contributed by atoms with van der Waals surface area (Å²) in [5, 5.41) is 0. The van der Waals surface area contributed by atoms with Crippen LogP contribution in [-0.4, -0.2) is 11.2 Å². The average molecular weight is 174 g/mol. The highest BCUT2D eigenvalue weighted by Crippen LogP contribution is 1.97. The Morgan fingerprint density at radius 1 is 1.46 bits per heavy atom. The highest BCUT2D eigenvalue weighted by Gasteiger charge is 1.89. The Labute approximate surface area is 79.0 Å². The molecule has 0 aliphatic heterocycles. The summed E-state index contributed by atoms with van der Waals surface area (Å²) < 4.78 is 0. The van der Waals surface area contributed by atoms with E-state index < -0.39 is 0 Å². The molecule has 0 saturated carbocycles. The molecular formula is C11H14N2. The van der Waals surface area contributed by atoms with Crippen LogP contribution in [-0.2, 0) is 6.42 Å². The van der Waals surface area contributed by atoms with E-state index in [0.717, 1.165) is 12.1 Å². The van der Waals surface area contributed by atoms with Gasteiger partial charge in [-0.15, -0.1) is 0 Å². The van der Waals surface area contributed by atoms with Gasteiger partial charge in [0.25, 0.3) is 0 Å². The Kier molecular flexibility index (Phi) is 3.89. The predicted octanol–water partition coefficient (Wildman–Crippen LogP) is 2.54. The standard InChI is InChI=1S/C11H14N2/c1-3-7-12-8-6-11-5-4-10(2)9-13-11/h3-5,7-9H,6H2,1-2H3/b7-3-,12-8?. The molecule has 0 unspecified atom stereocenters. The molecule has 0 aliphatic carbocycles. The van der Waals surface area contributed by atoms with Crippen molar-refractivity contribution in [1.82, 2.24) is 4.98 Å². The number of hydrogen-bond acceptors (Lipinski definition) is 2. The van der Waals surface area contributed by atoms with Crippen LogP contribution in [0.5, 0.6) is 0 Å². The zero-order valence-electron chi connectivity index (χ0n) is 8.07. The minimum Gasteiger partial charge on any atom is -0.269 e. The largest absolute Gasteiger partial charge is 0.269 e. The van der Waals surface area contributed by atoms with E-state index >= 15 is 0 Å². The molecule has 2 heteroatoms. The third-order valence-corrected chi connectivity index (χ3v) is 1.61. The Morgan fingerprint density at radius 2 is 2.31 bits per heavy atom. The van der Waals surface area contributed by atoms with E-state index in [9.17, 15) is 0 Å². The van der Waals surface area contributed by atoms with Gasteiger partial charge in [0, 0.05) is 30.7 Å². The summed E-state index contributed by atoms with van der Waals surface area (Å²) in [6, 6.07) is 4.09. The Balaban J connectivity index is 2.50. The second kappa shape index (κ2) is 5.25. The third kappa shape index (κ3) is 3.65. The maximum absolute atomic E-state index is 4.26. The van der Waals surface area contributed by atoms with E-state index in [1.165, 1.54) is 5.56 Å². The van der Waals surface area contributed by atoms with Gasteiger partial charge in [0.1, 0.15) is 0 Å². The lowest BCUT2D eigenvalue weighted by atomic mass is 10.2. The van der Waals surface area contributed by atoms with E-state index in [2.05, 4.69) is 16.0 Å². The fraction of sp³-hybridized carbons (Fsp3) is 0.273. The fourth-order valence-corrected chi connectivity index (χ4v) is 0.912. The van der Waals surface area contributed by atoms with Gasteiger partial charge in [0.2, 0.25) is 0 Å². The quantitative estimate of drug-likeness (QED) is 0.646. The topological polar surface area (TPSA) is 25.2 Å². The van der Waals surface area contributed by atoms with Crippen molar-refractivity contribution in [3.8, 4) is 0 Å². The molecule has 13 heavy (non-hydrogen) atoms. The van der Waals surface area contributed by atoms with Crippen LogP contribution < -0.4 is 0 Å². The number of allylic oxidation sites excluding steroid dienone is 1. The van der Waals surface area contributed by atoms with Gasteiger partial charge in [0.15, 0.2) is 0 Å². The van der Waals surface area contributed by atoms with Gasteiger partial charge >= 0.3 is 0 Å². The van der Waals surface area contributed by atoms with Gasteiger partial charge in [-0.1, -0.05) is 12.1 Å². The van der Waals surface area contributed by atoms with Crippen LogP contribution in [0.4, 0.5) is 0 Å². The van der Waals surface area contributed by atoms with Crippen LogP contribution in [0.3, 0.4) is 0 Å². The van der Waals surface area contributed by atoms with E-state index in [1.807, 2.05) is 38.4 Å². The van der Waals surface area contributed by atoms with Gasteiger partial charge in [0.05, 0.1) is 0 Å². The highest BCUT2D eigenvalue weighted by atomic mass is 14.7. The average Bonchev–Trinajstić information content (AvgIpc) is 2.15. The van der Waals surface area contributed by atoms with Crippen LogP contribution in [0.25, 0.3) is 0 Å². The smallest absolute Gasteiger partial charge is 0.0457 e. The first kappa shape index (κ1) is 9.65. The van der Waals surface area contributed by atoms with Crippen molar-refractivity contribution in [2.75, 3.05) is 0 Å². The number of aromatic nitrogens is 1. The molecule has 0 aliphatic rings. The summed E-state index contributed by atoms with van der Waals surface area (Å²) >= 11 is 0. The first-order valence-electron chi connectivity index (χ1n) is 4.37. The number of rotatable bonds is 3. The molecule has 1 aromatic heterocycles. The minimum atomic E-state index is 0.796. The highest BCUT2D eigenvalue weighted by molar-refractivity contribution is 5.61. The molecule has 0 fully saturated rings. The molecule has 0 saturated heterocycles. The van der Waals surface area contributed by atoms with Gasteiger partial charge in [-0.2, -0.15) is 0 Å². The monoisotopic (exact) mass is 174 g/mol. The maximum atomic E-state index is 4.26. The van der Waals surface area contributed by atoms with Crippen molar-refractivity contribution < 1.29 is 0 Å². The molecule has 0 amide bonds. The van der Waals surface area contributed by atoms with Crippen LogP contribution >= 0.6 is 0 Å². The Morgan fingerprint density at radius 3 is 2.92 bits per heavy atom. The van der Waals surface area contributed by atoms with Crippen molar-refractivity contribution >= 4 is 6.21 Å². The number of pyridine rings is 1. The SMILES string of the molecule is C/C=C\N=CCc1ccc(C)cn1. The third-order valence-electron chi connectivity index (χ3n) is 1.61. The normalized spacial score (nSPS) is 11.5. The van der Waals surface area contributed by atoms with E-state index in [0.29, 0.717) is 0 Å². The molecular weight excluding hydrogens is 160 g/mol. The summed E-state index contributed by atoms with van der Waals surface area (Å²) in [7, 11) is 0. The molecule has 0 radical (unpaired) electrons. The second-order valence-electron chi connectivity index (χ2n) is 2.85. The lowest BCUT2D eigenvalue weighted by molar-refractivity contribution is 1.13. The molecule has 1 heterocycles. The number of nitrogens with zero attached hydrogens (tertiary/aromatic N) is 2. The summed E-state index contributed by atoms with van der Waals surface area (Å²) in [4.78, 5) is 8.32.